The van der Waals surface area contributed by atoms with Crippen molar-refractivity contribution in [2.75, 3.05) is 13.7 Å². The Kier molecular flexibility index (Phi) is 8.25. The highest BCUT2D eigenvalue weighted by atomic mass is 79.9. The molecule has 0 amide bonds. The van der Waals surface area contributed by atoms with Gasteiger partial charge in [0.1, 0.15) is 11.5 Å². The summed E-state index contributed by atoms with van der Waals surface area (Å²) in [7, 11) is 1.73. The van der Waals surface area contributed by atoms with Crippen LogP contribution in [0.25, 0.3) is 21.7 Å². The number of likely N-dealkylation sites (tertiary alicyclic amines) is 1. The van der Waals surface area contributed by atoms with Crippen molar-refractivity contribution in [1.29, 1.82) is 0 Å². The van der Waals surface area contributed by atoms with Crippen LogP contribution in [0.15, 0.2) is 60.7 Å². The van der Waals surface area contributed by atoms with E-state index in [1.54, 1.807) is 14.0 Å². The van der Waals surface area contributed by atoms with Crippen LogP contribution < -0.4 is 4.74 Å². The molecule has 1 saturated heterocycles. The summed E-state index contributed by atoms with van der Waals surface area (Å²) in [5.41, 5.74) is 8.30. The van der Waals surface area contributed by atoms with E-state index >= 15 is 0 Å². The molecule has 0 aromatic heterocycles. The Morgan fingerprint density at radius 3 is 2.57 bits per heavy atom. The van der Waals surface area contributed by atoms with Crippen LogP contribution in [0.2, 0.25) is 0 Å². The zero-order chi connectivity index (χ0) is 24.9. The lowest BCUT2D eigenvalue weighted by Crippen LogP contribution is -2.43. The number of benzene rings is 3. The standard InChI is InChI=1S/C31H34BrNO2/c1-21-17-26(20-33-16-9-8-15-30(33)23(3)34)31(35-4)19-25(21)18-29(32)28-14-10-13-27(22(28)2)24-11-6-5-7-12-24/h5-7,10-14,17-19,30H,8-9,15-16,20H2,1-4H3/b29-18-/t30-/m0/s1. The van der Waals surface area contributed by atoms with Crippen LogP contribution in [0.4, 0.5) is 0 Å². The first-order valence-corrected chi connectivity index (χ1v) is 13.1. The number of carbonyl (C=O) groups excluding carboxylic acids is 1. The highest BCUT2D eigenvalue weighted by molar-refractivity contribution is 9.15. The van der Waals surface area contributed by atoms with Crippen molar-refractivity contribution in [3.05, 3.63) is 88.5 Å². The predicted octanol–water partition coefficient (Wildman–Crippen LogP) is 7.82. The molecule has 1 aliphatic rings. The maximum Gasteiger partial charge on any atom is 0.146 e. The topological polar surface area (TPSA) is 29.5 Å². The summed E-state index contributed by atoms with van der Waals surface area (Å²) in [6, 6.07) is 21.3. The number of rotatable bonds is 7. The molecule has 1 aliphatic heterocycles. The van der Waals surface area contributed by atoms with Crippen LogP contribution in [0.1, 0.15) is 54.0 Å². The fourth-order valence-electron chi connectivity index (χ4n) is 5.13. The van der Waals surface area contributed by atoms with Gasteiger partial charge in [-0.05, 0) is 85.7 Å². The second-order valence-electron chi connectivity index (χ2n) is 9.45. The van der Waals surface area contributed by atoms with Crippen LogP contribution in [-0.2, 0) is 11.3 Å². The Hall–Kier alpha value is -2.69. The zero-order valence-corrected chi connectivity index (χ0v) is 22.7. The van der Waals surface area contributed by atoms with Gasteiger partial charge in [-0.3, -0.25) is 9.69 Å². The molecule has 3 nitrogen and oxygen atoms in total. The van der Waals surface area contributed by atoms with Crippen molar-refractivity contribution in [2.45, 2.75) is 52.6 Å². The minimum atomic E-state index is 0.0161. The first-order chi connectivity index (χ1) is 16.9. The maximum absolute atomic E-state index is 12.2. The first kappa shape index (κ1) is 25.4. The molecule has 0 bridgehead atoms. The second-order valence-corrected chi connectivity index (χ2v) is 10.3. The average molecular weight is 533 g/mol. The molecule has 1 fully saturated rings. The monoisotopic (exact) mass is 531 g/mol. The van der Waals surface area contributed by atoms with Crippen LogP contribution in [0, 0.1) is 13.8 Å². The average Bonchev–Trinajstić information content (AvgIpc) is 2.86. The summed E-state index contributed by atoms with van der Waals surface area (Å²) in [5.74, 6) is 1.13. The van der Waals surface area contributed by atoms with E-state index in [0.29, 0.717) is 0 Å². The molecule has 0 N–H and O–H groups in total. The molecule has 182 valence electrons. The molecular formula is C31H34BrNO2. The van der Waals surface area contributed by atoms with E-state index in [0.717, 1.165) is 53.7 Å². The van der Waals surface area contributed by atoms with E-state index in [1.165, 1.54) is 27.8 Å². The van der Waals surface area contributed by atoms with Gasteiger partial charge in [-0.2, -0.15) is 0 Å². The van der Waals surface area contributed by atoms with Gasteiger partial charge in [0.15, 0.2) is 0 Å². The molecule has 35 heavy (non-hydrogen) atoms. The van der Waals surface area contributed by atoms with Crippen molar-refractivity contribution in [2.24, 2.45) is 0 Å². The molecule has 3 aromatic carbocycles. The van der Waals surface area contributed by atoms with Gasteiger partial charge in [-0.25, -0.2) is 0 Å². The van der Waals surface area contributed by atoms with Gasteiger partial charge in [0, 0.05) is 16.6 Å². The number of piperidine rings is 1. The van der Waals surface area contributed by atoms with Gasteiger partial charge in [-0.15, -0.1) is 0 Å². The molecule has 4 heteroatoms. The van der Waals surface area contributed by atoms with Crippen LogP contribution in [-0.4, -0.2) is 30.4 Å². The van der Waals surface area contributed by atoms with Crippen LogP contribution in [0.3, 0.4) is 0 Å². The molecule has 1 atom stereocenters. The third kappa shape index (κ3) is 5.76. The Balaban J connectivity index is 1.65. The molecule has 0 unspecified atom stereocenters. The van der Waals surface area contributed by atoms with Crippen molar-refractivity contribution >= 4 is 32.3 Å². The van der Waals surface area contributed by atoms with Crippen LogP contribution in [0.5, 0.6) is 5.75 Å². The second kappa shape index (κ2) is 11.4. The number of hydrogen-bond donors (Lipinski definition) is 0. The van der Waals surface area contributed by atoms with Crippen molar-refractivity contribution < 1.29 is 9.53 Å². The minimum Gasteiger partial charge on any atom is -0.496 e. The van der Waals surface area contributed by atoms with E-state index in [-0.39, 0.29) is 11.8 Å². The lowest BCUT2D eigenvalue weighted by molar-refractivity contribution is -0.123. The normalized spacial score (nSPS) is 16.8. The van der Waals surface area contributed by atoms with Gasteiger partial charge < -0.3 is 4.74 Å². The number of hydrogen-bond acceptors (Lipinski definition) is 3. The zero-order valence-electron chi connectivity index (χ0n) is 21.1. The Labute approximate surface area is 217 Å². The lowest BCUT2D eigenvalue weighted by atomic mass is 9.95. The summed E-state index contributed by atoms with van der Waals surface area (Å²) in [6.45, 7) is 7.72. The first-order valence-electron chi connectivity index (χ1n) is 12.3. The summed E-state index contributed by atoms with van der Waals surface area (Å²) < 4.78 is 6.85. The number of carbonyl (C=O) groups is 1. The fourth-order valence-corrected chi connectivity index (χ4v) is 5.81. The highest BCUT2D eigenvalue weighted by Gasteiger charge is 2.26. The van der Waals surface area contributed by atoms with Crippen molar-refractivity contribution in [1.82, 2.24) is 4.90 Å². The Bertz CT molecular complexity index is 1230. The molecule has 3 aromatic rings. The number of nitrogens with zero attached hydrogens (tertiary/aromatic N) is 1. The van der Waals surface area contributed by atoms with Crippen LogP contribution >= 0.6 is 15.9 Å². The molecule has 0 saturated carbocycles. The van der Waals surface area contributed by atoms with Gasteiger partial charge in [-0.1, -0.05) is 76.9 Å². The van der Waals surface area contributed by atoms with E-state index < -0.39 is 0 Å². The summed E-state index contributed by atoms with van der Waals surface area (Å²) >= 11 is 3.86. The Morgan fingerprint density at radius 1 is 1.09 bits per heavy atom. The predicted molar refractivity (Wildman–Crippen MR) is 150 cm³/mol. The van der Waals surface area contributed by atoms with Crippen molar-refractivity contribution in [3.8, 4) is 16.9 Å². The minimum absolute atomic E-state index is 0.0161. The van der Waals surface area contributed by atoms with E-state index in [9.17, 15) is 4.79 Å². The highest BCUT2D eigenvalue weighted by Crippen LogP contribution is 2.35. The third-order valence-corrected chi connectivity index (χ3v) is 7.74. The van der Waals surface area contributed by atoms with Gasteiger partial charge in [0.25, 0.3) is 0 Å². The fraction of sp³-hybridized carbons (Fsp3) is 0.323. The quantitative estimate of drug-likeness (QED) is 0.291. The third-order valence-electron chi connectivity index (χ3n) is 7.08. The summed E-state index contributed by atoms with van der Waals surface area (Å²) in [4.78, 5) is 14.5. The van der Waals surface area contributed by atoms with Gasteiger partial charge in [0.05, 0.1) is 13.2 Å². The number of Topliss-reactive ketones (excluding diaryl/α,β-unsaturated/α-hetero) is 1. The number of halogens is 1. The number of ether oxygens (including phenoxy) is 1. The molecule has 0 spiro atoms. The number of methoxy groups -OCH3 is 1. The molecule has 4 rings (SSSR count). The SMILES string of the molecule is COc1cc(/C=C(\Br)c2cccc(-c3ccccc3)c2C)c(C)cc1CN1CCCC[C@H]1C(C)=O. The molecular weight excluding hydrogens is 498 g/mol. The summed E-state index contributed by atoms with van der Waals surface area (Å²) in [5, 5.41) is 0. The molecule has 0 aliphatic carbocycles. The van der Waals surface area contributed by atoms with E-state index in [2.05, 4.69) is 95.4 Å². The lowest BCUT2D eigenvalue weighted by Gasteiger charge is -2.34. The number of aryl methyl sites for hydroxylation is 1. The Morgan fingerprint density at radius 2 is 1.86 bits per heavy atom. The summed E-state index contributed by atoms with van der Waals surface area (Å²) in [6.07, 6.45) is 5.39. The molecule has 1 heterocycles. The van der Waals surface area contributed by atoms with Gasteiger partial charge >= 0.3 is 0 Å². The maximum atomic E-state index is 12.2. The van der Waals surface area contributed by atoms with Gasteiger partial charge in [0.2, 0.25) is 0 Å². The van der Waals surface area contributed by atoms with Crippen molar-refractivity contribution in [3.63, 3.8) is 0 Å². The smallest absolute Gasteiger partial charge is 0.146 e. The molecule has 0 radical (unpaired) electrons. The number of ketones is 1. The van der Waals surface area contributed by atoms with E-state index in [4.69, 9.17) is 4.74 Å². The largest absolute Gasteiger partial charge is 0.496 e. The van der Waals surface area contributed by atoms with E-state index in [1.807, 2.05) is 6.07 Å².